The highest BCUT2D eigenvalue weighted by Gasteiger charge is 1.57. The fraction of sp³-hybridized carbons (Fsp3) is 0. The molecule has 0 atom stereocenters. The molecule has 0 aliphatic rings. The molecule has 0 saturated carbocycles. The Morgan fingerprint density at radius 2 is 0.625 bits per heavy atom. The Hall–Kier alpha value is -1.18. The Balaban J connectivity index is 0.000000222. The van der Waals surface area contributed by atoms with E-state index in [1.807, 2.05) is 36.4 Å². The number of hydrogen-bond acceptors (Lipinski definition) is 2. The lowest BCUT2D eigenvalue weighted by Gasteiger charge is -1.69. The van der Waals surface area contributed by atoms with Gasteiger partial charge >= 0.3 is 0 Å². The first-order valence-corrected chi connectivity index (χ1v) is 2.17. The zero-order chi connectivity index (χ0) is 6.24. The van der Waals surface area contributed by atoms with E-state index in [1.165, 1.54) is 0 Å². The Morgan fingerprint density at radius 1 is 0.500 bits per heavy atom. The topological polar surface area (TPSA) is 34.1 Å². The van der Waals surface area contributed by atoms with Crippen LogP contribution >= 0.6 is 0 Å². The molecular formula is C6H6O2. The van der Waals surface area contributed by atoms with E-state index in [0.29, 0.717) is 0 Å². The third-order valence-corrected chi connectivity index (χ3v) is 0.667. The summed E-state index contributed by atoms with van der Waals surface area (Å²) in [6, 6.07) is 12.0. The van der Waals surface area contributed by atoms with Gasteiger partial charge in [-0.1, -0.05) is 36.4 Å². The quantitative estimate of drug-likeness (QED) is 0.509. The van der Waals surface area contributed by atoms with Crippen molar-refractivity contribution < 1.29 is 0 Å². The van der Waals surface area contributed by atoms with Gasteiger partial charge in [0.05, 0.1) is 0 Å². The first-order chi connectivity index (χ1) is 4.00. The maximum Gasteiger partial charge on any atom is 0 e. The fourth-order valence-electron chi connectivity index (χ4n) is 0.385. The van der Waals surface area contributed by atoms with E-state index in [-0.39, 0.29) is 0 Å². The van der Waals surface area contributed by atoms with Gasteiger partial charge in [0.25, 0.3) is 0 Å². The molecule has 0 heterocycles. The van der Waals surface area contributed by atoms with Gasteiger partial charge in [0.2, 0.25) is 0 Å². The molecule has 1 aromatic rings. The van der Waals surface area contributed by atoms with Gasteiger partial charge < -0.3 is 0 Å². The summed E-state index contributed by atoms with van der Waals surface area (Å²) in [7, 11) is 0. The van der Waals surface area contributed by atoms with E-state index in [1.54, 1.807) is 0 Å². The Labute approximate surface area is 47.4 Å². The molecule has 8 heavy (non-hydrogen) atoms. The lowest BCUT2D eigenvalue weighted by Crippen LogP contribution is -1.47. The standard InChI is InChI=1S/C6H6.O2/c1-2-4-6-5-3-1;1-2/h1-6H;. The molecule has 0 bridgehead atoms. The molecule has 2 heteroatoms. The average molecular weight is 110 g/mol. The molecular weight excluding hydrogens is 104 g/mol. The van der Waals surface area contributed by atoms with Gasteiger partial charge in [-0.05, 0) is 0 Å². The summed E-state index contributed by atoms with van der Waals surface area (Å²) in [5.41, 5.74) is 0. The minimum absolute atomic E-state index is 2.00. The highest BCUT2D eigenvalue weighted by atomic mass is 16.7. The van der Waals surface area contributed by atoms with Crippen LogP contribution in [-0.4, -0.2) is 0 Å². The predicted octanol–water partition coefficient (Wildman–Crippen LogP) is 1.75. The molecule has 1 rings (SSSR count). The molecule has 0 aliphatic heterocycles. The molecule has 0 fully saturated rings. The van der Waals surface area contributed by atoms with Crippen LogP contribution in [0.4, 0.5) is 0 Å². The molecule has 2 nitrogen and oxygen atoms in total. The molecule has 0 saturated heterocycles. The van der Waals surface area contributed by atoms with Gasteiger partial charge in [0.1, 0.15) is 0 Å². The highest BCUT2D eigenvalue weighted by molar-refractivity contribution is 4.99. The molecule has 0 N–H and O–H groups in total. The molecule has 0 radical (unpaired) electrons. The van der Waals surface area contributed by atoms with Crippen LogP contribution in [0.2, 0.25) is 0 Å². The van der Waals surface area contributed by atoms with Crippen molar-refractivity contribution in [1.82, 2.24) is 0 Å². The second-order valence-corrected chi connectivity index (χ2v) is 1.15. The van der Waals surface area contributed by atoms with Crippen LogP contribution in [0.15, 0.2) is 36.4 Å². The average Bonchev–Trinajstić information content (AvgIpc) is 1.96. The van der Waals surface area contributed by atoms with Crippen molar-refractivity contribution in [3.63, 3.8) is 0 Å². The molecule has 0 spiro atoms. The molecule has 0 aliphatic carbocycles. The molecule has 0 unspecified atom stereocenters. The summed E-state index contributed by atoms with van der Waals surface area (Å²) >= 11 is 0. The maximum atomic E-state index is 7.00. The molecule has 42 valence electrons. The number of benzene rings is 1. The summed E-state index contributed by atoms with van der Waals surface area (Å²) in [6.45, 7) is 0. The summed E-state index contributed by atoms with van der Waals surface area (Å²) in [5.74, 6) is 0. The van der Waals surface area contributed by atoms with Gasteiger partial charge in [-0.25, -0.2) is 0 Å². The Bertz CT molecular complexity index is 89.4. The summed E-state index contributed by atoms with van der Waals surface area (Å²) in [4.78, 5) is 14.0. The number of rotatable bonds is 0. The molecule has 0 aromatic heterocycles. The third kappa shape index (κ3) is 3.03. The first-order valence-electron chi connectivity index (χ1n) is 2.17. The largest absolute Gasteiger partial charge is 0.0623 e. The maximum absolute atomic E-state index is 7.00. The van der Waals surface area contributed by atoms with Crippen LogP contribution in [0.25, 0.3) is 0 Å². The highest BCUT2D eigenvalue weighted by Crippen LogP contribution is 1.79. The SMILES string of the molecule is O=O.c1ccccc1. The Morgan fingerprint density at radius 3 is 0.750 bits per heavy atom. The fourth-order valence-corrected chi connectivity index (χ4v) is 0.385. The van der Waals surface area contributed by atoms with Gasteiger partial charge in [0.15, 0.2) is 0 Å². The van der Waals surface area contributed by atoms with Crippen LogP contribution in [0.3, 0.4) is 0 Å². The van der Waals surface area contributed by atoms with Crippen LogP contribution in [0.1, 0.15) is 0 Å². The van der Waals surface area contributed by atoms with Crippen LogP contribution in [0.5, 0.6) is 0 Å². The van der Waals surface area contributed by atoms with Gasteiger partial charge in [-0.3, -0.25) is 0 Å². The van der Waals surface area contributed by atoms with E-state index in [0.717, 1.165) is 0 Å². The predicted molar refractivity (Wildman–Crippen MR) is 33.2 cm³/mol. The van der Waals surface area contributed by atoms with Crippen molar-refractivity contribution in [2.24, 2.45) is 0 Å². The smallest absolute Gasteiger partial charge is 0 e. The molecule has 1 aromatic carbocycles. The second-order valence-electron chi connectivity index (χ2n) is 1.15. The van der Waals surface area contributed by atoms with E-state index in [4.69, 9.17) is 9.93 Å². The van der Waals surface area contributed by atoms with Crippen LogP contribution in [-0.2, 0) is 0 Å². The summed E-state index contributed by atoms with van der Waals surface area (Å²) < 4.78 is 0. The zero-order valence-corrected chi connectivity index (χ0v) is 4.28. The third-order valence-electron chi connectivity index (χ3n) is 0.667. The van der Waals surface area contributed by atoms with E-state index < -0.39 is 0 Å². The van der Waals surface area contributed by atoms with Crippen molar-refractivity contribution in [2.75, 3.05) is 0 Å². The van der Waals surface area contributed by atoms with Crippen LogP contribution in [0, 0.1) is 9.93 Å². The summed E-state index contributed by atoms with van der Waals surface area (Å²) in [6.07, 6.45) is 0. The lowest BCUT2D eigenvalue weighted by molar-refractivity contribution is 1.72. The number of hydrogen-bond donors (Lipinski definition) is 0. The second kappa shape index (κ2) is 5.82. The van der Waals surface area contributed by atoms with Crippen molar-refractivity contribution >= 4 is 0 Å². The summed E-state index contributed by atoms with van der Waals surface area (Å²) in [5, 5.41) is 0. The zero-order valence-electron chi connectivity index (χ0n) is 4.28. The monoisotopic (exact) mass is 110 g/mol. The normalized spacial score (nSPS) is 6.50. The van der Waals surface area contributed by atoms with Gasteiger partial charge in [-0.2, -0.15) is 0 Å². The first kappa shape index (κ1) is 6.82. The van der Waals surface area contributed by atoms with Gasteiger partial charge in [-0.15, -0.1) is 0 Å². The van der Waals surface area contributed by atoms with E-state index >= 15 is 0 Å². The van der Waals surface area contributed by atoms with Crippen LogP contribution < -0.4 is 0 Å². The van der Waals surface area contributed by atoms with Gasteiger partial charge in [0, 0.05) is 9.93 Å². The Kier molecular flexibility index (Phi) is 4.96. The van der Waals surface area contributed by atoms with Crippen molar-refractivity contribution in [3.05, 3.63) is 46.3 Å². The molecule has 0 amide bonds. The van der Waals surface area contributed by atoms with Crippen molar-refractivity contribution in [2.45, 2.75) is 0 Å². The lowest BCUT2D eigenvalue weighted by atomic mass is 10.4. The minimum atomic E-state index is 2.00. The van der Waals surface area contributed by atoms with Crippen molar-refractivity contribution in [3.8, 4) is 0 Å². The van der Waals surface area contributed by atoms with E-state index in [9.17, 15) is 0 Å². The minimum Gasteiger partial charge on any atom is -0.0623 e. The van der Waals surface area contributed by atoms with Crippen molar-refractivity contribution in [1.29, 1.82) is 0 Å². The van der Waals surface area contributed by atoms with E-state index in [2.05, 4.69) is 0 Å².